The Labute approximate surface area is 126 Å². The van der Waals surface area contributed by atoms with Crippen molar-refractivity contribution in [3.05, 3.63) is 28.2 Å². The summed E-state index contributed by atoms with van der Waals surface area (Å²) in [4.78, 5) is 22.7. The fraction of sp³-hybridized carbons (Fsp3) is 0.429. The van der Waals surface area contributed by atoms with Crippen LogP contribution in [0.3, 0.4) is 0 Å². The van der Waals surface area contributed by atoms with Gasteiger partial charge in [0.05, 0.1) is 11.3 Å². The monoisotopic (exact) mass is 342 g/mol. The van der Waals surface area contributed by atoms with Crippen LogP contribution in [0.2, 0.25) is 0 Å². The third kappa shape index (κ3) is 5.71. The molecule has 0 radical (unpaired) electrons. The van der Waals surface area contributed by atoms with E-state index in [2.05, 4.69) is 26.6 Å². The number of carbonyl (C=O) groups is 2. The molecule has 1 aromatic carbocycles. The summed E-state index contributed by atoms with van der Waals surface area (Å²) in [6, 6.07) is 4.51. The molecule has 20 heavy (non-hydrogen) atoms. The number of nitrogens with one attached hydrogen (secondary N) is 2. The second-order valence-corrected chi connectivity index (χ2v) is 6.33. The van der Waals surface area contributed by atoms with Crippen molar-refractivity contribution in [3.63, 3.8) is 0 Å². The molecule has 0 atom stereocenters. The van der Waals surface area contributed by atoms with Crippen LogP contribution in [-0.4, -0.2) is 29.1 Å². The van der Waals surface area contributed by atoms with Gasteiger partial charge in [0.15, 0.2) is 0 Å². The average Bonchev–Trinajstić information content (AvgIpc) is 2.30. The third-order valence-electron chi connectivity index (χ3n) is 2.49. The highest BCUT2D eigenvalue weighted by atomic mass is 79.9. The quantitative estimate of drug-likeness (QED) is 0.768. The van der Waals surface area contributed by atoms with Crippen LogP contribution in [0.5, 0.6) is 0 Å². The maximum atomic E-state index is 11.8. The predicted molar refractivity (Wildman–Crippen MR) is 82.1 cm³/mol. The maximum Gasteiger partial charge on any atom is 0.335 e. The summed E-state index contributed by atoms with van der Waals surface area (Å²) >= 11 is 3.28. The van der Waals surface area contributed by atoms with Gasteiger partial charge in [0.2, 0.25) is 5.91 Å². The number of rotatable bonds is 5. The summed E-state index contributed by atoms with van der Waals surface area (Å²) in [5, 5.41) is 14.8. The molecular weight excluding hydrogens is 324 g/mol. The van der Waals surface area contributed by atoms with Crippen LogP contribution >= 0.6 is 15.9 Å². The Morgan fingerprint density at radius 2 is 1.95 bits per heavy atom. The van der Waals surface area contributed by atoms with Crippen molar-refractivity contribution in [2.45, 2.75) is 32.7 Å². The average molecular weight is 343 g/mol. The van der Waals surface area contributed by atoms with Crippen LogP contribution in [0.1, 0.15) is 37.6 Å². The Hall–Kier alpha value is -1.40. The van der Waals surface area contributed by atoms with Crippen LogP contribution in [0, 0.1) is 0 Å². The van der Waals surface area contributed by atoms with Crippen molar-refractivity contribution in [1.29, 1.82) is 0 Å². The van der Waals surface area contributed by atoms with Gasteiger partial charge in [0, 0.05) is 23.0 Å². The zero-order chi connectivity index (χ0) is 15.3. The molecule has 110 valence electrons. The maximum absolute atomic E-state index is 11.8. The second kappa shape index (κ2) is 6.85. The highest BCUT2D eigenvalue weighted by Crippen LogP contribution is 2.23. The zero-order valence-electron chi connectivity index (χ0n) is 11.8. The minimum absolute atomic E-state index is 0.0376. The van der Waals surface area contributed by atoms with E-state index in [1.807, 2.05) is 20.8 Å². The predicted octanol–water partition coefficient (Wildman–Crippen LogP) is 2.86. The molecule has 0 spiro atoms. The second-order valence-electron chi connectivity index (χ2n) is 5.47. The van der Waals surface area contributed by atoms with E-state index >= 15 is 0 Å². The normalized spacial score (nSPS) is 11.2. The fourth-order valence-electron chi connectivity index (χ4n) is 1.52. The number of anilines is 1. The van der Waals surface area contributed by atoms with E-state index < -0.39 is 5.97 Å². The lowest BCUT2D eigenvalue weighted by molar-refractivity contribution is -0.116. The summed E-state index contributed by atoms with van der Waals surface area (Å²) in [5.41, 5.74) is 0.561. The van der Waals surface area contributed by atoms with Crippen molar-refractivity contribution in [2.75, 3.05) is 11.9 Å². The molecule has 6 heteroatoms. The van der Waals surface area contributed by atoms with Gasteiger partial charge < -0.3 is 15.7 Å². The van der Waals surface area contributed by atoms with Crippen LogP contribution in [0.25, 0.3) is 0 Å². The first kappa shape index (κ1) is 16.7. The Morgan fingerprint density at radius 1 is 1.30 bits per heavy atom. The SMILES string of the molecule is CC(C)(C)NCCC(=O)Nc1cc(C(=O)O)ccc1Br. The Balaban J connectivity index is 2.62. The zero-order valence-corrected chi connectivity index (χ0v) is 13.4. The van der Waals surface area contributed by atoms with Crippen molar-refractivity contribution in [3.8, 4) is 0 Å². The molecule has 0 saturated carbocycles. The number of halogens is 1. The van der Waals surface area contributed by atoms with E-state index in [1.54, 1.807) is 6.07 Å². The molecule has 0 fully saturated rings. The summed E-state index contributed by atoms with van der Waals surface area (Å²) < 4.78 is 0.652. The highest BCUT2D eigenvalue weighted by Gasteiger charge is 2.12. The van der Waals surface area contributed by atoms with E-state index in [1.165, 1.54) is 12.1 Å². The van der Waals surface area contributed by atoms with E-state index in [0.717, 1.165) is 0 Å². The standard InChI is InChI=1S/C14H19BrN2O3/c1-14(2,3)16-7-6-12(18)17-11-8-9(13(19)20)4-5-10(11)15/h4-5,8,16H,6-7H2,1-3H3,(H,17,18)(H,19,20). The molecule has 0 unspecified atom stereocenters. The number of carbonyl (C=O) groups excluding carboxylic acids is 1. The number of aromatic carboxylic acids is 1. The van der Waals surface area contributed by atoms with E-state index in [9.17, 15) is 9.59 Å². The van der Waals surface area contributed by atoms with Crippen LogP contribution in [0.15, 0.2) is 22.7 Å². The summed E-state index contributed by atoms with van der Waals surface area (Å²) in [6.45, 7) is 6.64. The van der Waals surface area contributed by atoms with Gasteiger partial charge in [-0.25, -0.2) is 4.79 Å². The Bertz CT molecular complexity index is 510. The number of carboxylic acid groups (broad SMARTS) is 1. The van der Waals surface area contributed by atoms with Gasteiger partial charge in [0.25, 0.3) is 0 Å². The smallest absolute Gasteiger partial charge is 0.335 e. The molecule has 0 bridgehead atoms. The Morgan fingerprint density at radius 3 is 2.50 bits per heavy atom. The number of benzene rings is 1. The molecular formula is C14H19BrN2O3. The van der Waals surface area contributed by atoms with Crippen molar-refractivity contribution in [2.24, 2.45) is 0 Å². The third-order valence-corrected chi connectivity index (χ3v) is 3.19. The van der Waals surface area contributed by atoms with E-state index in [-0.39, 0.29) is 17.0 Å². The van der Waals surface area contributed by atoms with Crippen LogP contribution in [-0.2, 0) is 4.79 Å². The van der Waals surface area contributed by atoms with Gasteiger partial charge in [-0.3, -0.25) is 4.79 Å². The number of hydrogen-bond acceptors (Lipinski definition) is 3. The lowest BCUT2D eigenvalue weighted by atomic mass is 10.1. The molecule has 0 aliphatic heterocycles. The minimum atomic E-state index is -1.03. The Kier molecular flexibility index (Phi) is 5.71. The molecule has 5 nitrogen and oxygen atoms in total. The lowest BCUT2D eigenvalue weighted by Gasteiger charge is -2.20. The van der Waals surface area contributed by atoms with E-state index in [4.69, 9.17) is 5.11 Å². The first-order valence-electron chi connectivity index (χ1n) is 6.27. The first-order valence-corrected chi connectivity index (χ1v) is 7.06. The lowest BCUT2D eigenvalue weighted by Crippen LogP contribution is -2.37. The van der Waals surface area contributed by atoms with Gasteiger partial charge in [-0.05, 0) is 54.9 Å². The topological polar surface area (TPSA) is 78.4 Å². The van der Waals surface area contributed by atoms with Gasteiger partial charge in [0.1, 0.15) is 0 Å². The van der Waals surface area contributed by atoms with Gasteiger partial charge in [-0.15, -0.1) is 0 Å². The largest absolute Gasteiger partial charge is 0.478 e. The molecule has 0 aliphatic carbocycles. The van der Waals surface area contributed by atoms with Crippen molar-refractivity contribution in [1.82, 2.24) is 5.32 Å². The molecule has 0 heterocycles. The van der Waals surface area contributed by atoms with Gasteiger partial charge >= 0.3 is 5.97 Å². The molecule has 1 rings (SSSR count). The summed E-state index contributed by atoms with van der Waals surface area (Å²) in [6.07, 6.45) is 0.320. The molecule has 1 aromatic rings. The van der Waals surface area contributed by atoms with Gasteiger partial charge in [-0.2, -0.15) is 0 Å². The van der Waals surface area contributed by atoms with Crippen LogP contribution in [0.4, 0.5) is 5.69 Å². The summed E-state index contributed by atoms with van der Waals surface area (Å²) in [7, 11) is 0. The van der Waals surface area contributed by atoms with Crippen LogP contribution < -0.4 is 10.6 Å². The van der Waals surface area contributed by atoms with Gasteiger partial charge in [-0.1, -0.05) is 0 Å². The highest BCUT2D eigenvalue weighted by molar-refractivity contribution is 9.10. The molecule has 0 aliphatic rings. The van der Waals surface area contributed by atoms with E-state index in [0.29, 0.717) is 23.1 Å². The number of hydrogen-bond donors (Lipinski definition) is 3. The minimum Gasteiger partial charge on any atom is -0.478 e. The van der Waals surface area contributed by atoms with Crippen molar-refractivity contribution >= 4 is 33.5 Å². The first-order chi connectivity index (χ1) is 9.19. The van der Waals surface area contributed by atoms with Crippen molar-refractivity contribution < 1.29 is 14.7 Å². The fourth-order valence-corrected chi connectivity index (χ4v) is 1.86. The molecule has 0 aromatic heterocycles. The molecule has 3 N–H and O–H groups in total. The summed E-state index contributed by atoms with van der Waals surface area (Å²) in [5.74, 6) is -1.19. The number of carboxylic acids is 1. The molecule has 0 saturated heterocycles. The number of amides is 1. The molecule has 1 amide bonds.